The van der Waals surface area contributed by atoms with E-state index in [4.69, 9.17) is 11.6 Å². The van der Waals surface area contributed by atoms with Gasteiger partial charge in [-0.3, -0.25) is 0 Å². The summed E-state index contributed by atoms with van der Waals surface area (Å²) in [6, 6.07) is 4.15. The van der Waals surface area contributed by atoms with Crippen molar-refractivity contribution in [3.63, 3.8) is 0 Å². The van der Waals surface area contributed by atoms with Crippen molar-refractivity contribution in [3.05, 3.63) is 21.3 Å². The van der Waals surface area contributed by atoms with Gasteiger partial charge in [0.15, 0.2) is 0 Å². The van der Waals surface area contributed by atoms with Crippen LogP contribution >= 0.6 is 22.9 Å². The van der Waals surface area contributed by atoms with Gasteiger partial charge < -0.3 is 0 Å². The van der Waals surface area contributed by atoms with Crippen LogP contribution in [0.5, 0.6) is 0 Å². The summed E-state index contributed by atoms with van der Waals surface area (Å²) in [4.78, 5) is 1.44. The Bertz CT molecular complexity index is 242. The topological polar surface area (TPSA) is 0 Å². The predicted molar refractivity (Wildman–Crippen MR) is 66.4 cm³/mol. The summed E-state index contributed by atoms with van der Waals surface area (Å²) in [6.45, 7) is 2.26. The van der Waals surface area contributed by atoms with Crippen LogP contribution in [-0.2, 0) is 6.42 Å². The van der Waals surface area contributed by atoms with Crippen LogP contribution in [0.15, 0.2) is 12.1 Å². The van der Waals surface area contributed by atoms with Crippen LogP contribution < -0.4 is 0 Å². The van der Waals surface area contributed by atoms with Gasteiger partial charge in [0.2, 0.25) is 0 Å². The molecule has 0 atom stereocenters. The lowest BCUT2D eigenvalue weighted by molar-refractivity contribution is 0.609. The molecule has 0 aromatic carbocycles. The number of unbranched alkanes of at least 4 members (excludes halogenated alkanes) is 5. The van der Waals surface area contributed by atoms with Crippen molar-refractivity contribution in [3.8, 4) is 0 Å². The van der Waals surface area contributed by atoms with Gasteiger partial charge in [-0.15, -0.1) is 11.3 Å². The van der Waals surface area contributed by atoms with Crippen LogP contribution in [0.4, 0.5) is 0 Å². The van der Waals surface area contributed by atoms with Crippen LogP contribution in [0.25, 0.3) is 0 Å². The molecule has 0 saturated carbocycles. The highest BCUT2D eigenvalue weighted by Gasteiger charge is 1.97. The molecule has 0 spiro atoms. The van der Waals surface area contributed by atoms with Crippen molar-refractivity contribution in [2.75, 3.05) is 0 Å². The molecule has 0 bridgehead atoms. The van der Waals surface area contributed by atoms with E-state index in [2.05, 4.69) is 13.0 Å². The maximum Gasteiger partial charge on any atom is 0.0931 e. The Balaban J connectivity index is 1.99. The molecule has 1 aromatic heterocycles. The Morgan fingerprint density at radius 2 is 1.79 bits per heavy atom. The molecule has 1 rings (SSSR count). The summed E-state index contributed by atoms with van der Waals surface area (Å²) in [5.74, 6) is 0. The molecule has 80 valence electrons. The molecule has 0 nitrogen and oxygen atoms in total. The van der Waals surface area contributed by atoms with Gasteiger partial charge in [-0.25, -0.2) is 0 Å². The van der Waals surface area contributed by atoms with Gasteiger partial charge in [-0.2, -0.15) is 0 Å². The minimum Gasteiger partial charge on any atom is -0.128 e. The molecule has 0 radical (unpaired) electrons. The molecular weight excluding hydrogens is 212 g/mol. The van der Waals surface area contributed by atoms with Crippen molar-refractivity contribution in [1.82, 2.24) is 0 Å². The Labute approximate surface area is 96.3 Å². The standard InChI is InChI=1S/C12H19ClS/c1-2-3-4-5-6-7-8-11-9-10-12(13)14-11/h9-10H,2-8H2,1H3. The van der Waals surface area contributed by atoms with Gasteiger partial charge in [0.05, 0.1) is 4.34 Å². The second kappa shape index (κ2) is 7.30. The van der Waals surface area contributed by atoms with E-state index in [9.17, 15) is 0 Å². The first-order valence-corrected chi connectivity index (χ1v) is 6.76. The van der Waals surface area contributed by atoms with Crippen molar-refractivity contribution < 1.29 is 0 Å². The quantitative estimate of drug-likeness (QED) is 0.558. The van der Waals surface area contributed by atoms with Crippen molar-refractivity contribution in [2.24, 2.45) is 0 Å². The highest BCUT2D eigenvalue weighted by Crippen LogP contribution is 2.23. The second-order valence-electron chi connectivity index (χ2n) is 3.72. The Kier molecular flexibility index (Phi) is 6.29. The molecule has 0 N–H and O–H groups in total. The number of aryl methyl sites for hydroxylation is 1. The Hall–Kier alpha value is -0.0100. The summed E-state index contributed by atoms with van der Waals surface area (Å²) in [6.07, 6.45) is 9.43. The van der Waals surface area contributed by atoms with E-state index in [-0.39, 0.29) is 0 Å². The monoisotopic (exact) mass is 230 g/mol. The number of hydrogen-bond acceptors (Lipinski definition) is 1. The zero-order chi connectivity index (χ0) is 10.2. The third kappa shape index (κ3) is 5.02. The molecular formula is C12H19ClS. The van der Waals surface area contributed by atoms with E-state index in [0.717, 1.165) is 4.34 Å². The Morgan fingerprint density at radius 1 is 1.07 bits per heavy atom. The highest BCUT2D eigenvalue weighted by atomic mass is 35.5. The lowest BCUT2D eigenvalue weighted by Gasteiger charge is -1.98. The third-order valence-corrected chi connectivity index (χ3v) is 3.70. The summed E-state index contributed by atoms with van der Waals surface area (Å²) in [7, 11) is 0. The maximum absolute atomic E-state index is 5.86. The molecule has 0 aliphatic heterocycles. The normalized spacial score (nSPS) is 10.7. The first-order valence-electron chi connectivity index (χ1n) is 5.57. The SMILES string of the molecule is CCCCCCCCc1ccc(Cl)s1. The van der Waals surface area contributed by atoms with E-state index in [1.54, 1.807) is 11.3 Å². The van der Waals surface area contributed by atoms with Gasteiger partial charge in [0.1, 0.15) is 0 Å². The summed E-state index contributed by atoms with van der Waals surface area (Å²) in [5.41, 5.74) is 0. The first-order chi connectivity index (χ1) is 6.83. The molecule has 0 aliphatic rings. The molecule has 1 heterocycles. The molecule has 1 aromatic rings. The minimum atomic E-state index is 0.922. The fraction of sp³-hybridized carbons (Fsp3) is 0.667. The van der Waals surface area contributed by atoms with E-state index in [1.165, 1.54) is 49.8 Å². The average Bonchev–Trinajstić information content (AvgIpc) is 2.58. The van der Waals surface area contributed by atoms with E-state index >= 15 is 0 Å². The molecule has 2 heteroatoms. The van der Waals surface area contributed by atoms with Crippen molar-refractivity contribution in [2.45, 2.75) is 51.9 Å². The number of rotatable bonds is 7. The van der Waals surface area contributed by atoms with Crippen LogP contribution in [-0.4, -0.2) is 0 Å². The van der Waals surface area contributed by atoms with Crippen molar-refractivity contribution >= 4 is 22.9 Å². The fourth-order valence-corrected chi connectivity index (χ4v) is 2.69. The minimum absolute atomic E-state index is 0.922. The van der Waals surface area contributed by atoms with Crippen molar-refractivity contribution in [1.29, 1.82) is 0 Å². The molecule has 0 saturated heterocycles. The molecule has 14 heavy (non-hydrogen) atoms. The number of halogens is 1. The molecule has 0 fully saturated rings. The molecule has 0 unspecified atom stereocenters. The van der Waals surface area contributed by atoms with Gasteiger partial charge in [-0.05, 0) is 25.0 Å². The van der Waals surface area contributed by atoms with E-state index in [0.29, 0.717) is 0 Å². The van der Waals surface area contributed by atoms with Crippen LogP contribution in [0.3, 0.4) is 0 Å². The summed E-state index contributed by atoms with van der Waals surface area (Å²) >= 11 is 7.58. The number of hydrogen-bond donors (Lipinski definition) is 0. The van der Waals surface area contributed by atoms with Crippen LogP contribution in [0.2, 0.25) is 4.34 Å². The number of thiophene rings is 1. The zero-order valence-electron chi connectivity index (χ0n) is 8.89. The van der Waals surface area contributed by atoms with Gasteiger partial charge in [-0.1, -0.05) is 50.6 Å². The lowest BCUT2D eigenvalue weighted by atomic mass is 10.1. The average molecular weight is 231 g/mol. The molecule has 0 amide bonds. The fourth-order valence-electron chi connectivity index (χ4n) is 1.57. The second-order valence-corrected chi connectivity index (χ2v) is 5.52. The summed E-state index contributed by atoms with van der Waals surface area (Å²) < 4.78 is 0.922. The third-order valence-electron chi connectivity index (χ3n) is 2.41. The smallest absolute Gasteiger partial charge is 0.0931 e. The van der Waals surface area contributed by atoms with E-state index in [1.807, 2.05) is 6.07 Å². The van der Waals surface area contributed by atoms with Gasteiger partial charge in [0, 0.05) is 4.88 Å². The maximum atomic E-state index is 5.86. The van der Waals surface area contributed by atoms with Gasteiger partial charge >= 0.3 is 0 Å². The van der Waals surface area contributed by atoms with Crippen LogP contribution in [0.1, 0.15) is 50.3 Å². The summed E-state index contributed by atoms with van der Waals surface area (Å²) in [5, 5.41) is 0. The molecule has 0 aliphatic carbocycles. The first kappa shape index (κ1) is 12.1. The largest absolute Gasteiger partial charge is 0.128 e. The predicted octanol–water partition coefficient (Wildman–Crippen LogP) is 5.30. The highest BCUT2D eigenvalue weighted by molar-refractivity contribution is 7.16. The van der Waals surface area contributed by atoms with Crippen LogP contribution in [0, 0.1) is 0 Å². The van der Waals surface area contributed by atoms with E-state index < -0.39 is 0 Å². The van der Waals surface area contributed by atoms with Gasteiger partial charge in [0.25, 0.3) is 0 Å². The lowest BCUT2D eigenvalue weighted by Crippen LogP contribution is -1.82. The Morgan fingerprint density at radius 3 is 2.43 bits per heavy atom. The zero-order valence-corrected chi connectivity index (χ0v) is 10.5.